The second-order valence-electron chi connectivity index (χ2n) is 6.84. The first kappa shape index (κ1) is 18.1. The van der Waals surface area contributed by atoms with Gasteiger partial charge in [0.25, 0.3) is 11.5 Å². The van der Waals surface area contributed by atoms with Gasteiger partial charge < -0.3 is 9.88 Å². The van der Waals surface area contributed by atoms with Crippen LogP contribution in [-0.2, 0) is 0 Å². The maximum Gasteiger partial charge on any atom is 0.264 e. The standard InChI is InChI=1S/C21H24N2O3/c1-3-18(15-7-5-4-6-8-15)23-13-16(19(24)11-14-9-10-14)12-17(21(23)26)20(25)22-2/h4-8,12-14,18H,3,9-11H2,1-2H3,(H,22,25). The Hall–Kier alpha value is -2.69. The Morgan fingerprint density at radius 2 is 1.92 bits per heavy atom. The molecule has 1 atom stereocenters. The number of amides is 1. The van der Waals surface area contributed by atoms with Crippen molar-refractivity contribution in [3.8, 4) is 0 Å². The van der Waals surface area contributed by atoms with E-state index >= 15 is 0 Å². The third kappa shape index (κ3) is 3.77. The van der Waals surface area contributed by atoms with Crippen LogP contribution in [0.4, 0.5) is 0 Å². The van der Waals surface area contributed by atoms with E-state index in [-0.39, 0.29) is 22.9 Å². The predicted molar refractivity (Wildman–Crippen MR) is 101 cm³/mol. The molecule has 1 unspecified atom stereocenters. The lowest BCUT2D eigenvalue weighted by Crippen LogP contribution is -2.34. The van der Waals surface area contributed by atoms with E-state index in [9.17, 15) is 14.4 Å². The monoisotopic (exact) mass is 352 g/mol. The highest BCUT2D eigenvalue weighted by molar-refractivity contribution is 6.00. The smallest absolute Gasteiger partial charge is 0.264 e. The molecule has 0 spiro atoms. The number of pyridine rings is 1. The molecule has 1 aromatic carbocycles. The Morgan fingerprint density at radius 3 is 2.50 bits per heavy atom. The Morgan fingerprint density at radius 1 is 1.23 bits per heavy atom. The number of ketones is 1. The van der Waals surface area contributed by atoms with E-state index < -0.39 is 5.91 Å². The van der Waals surface area contributed by atoms with Gasteiger partial charge in [-0.25, -0.2) is 0 Å². The molecule has 5 heteroatoms. The summed E-state index contributed by atoms with van der Waals surface area (Å²) in [4.78, 5) is 37.8. The molecule has 26 heavy (non-hydrogen) atoms. The van der Waals surface area contributed by atoms with Crippen LogP contribution in [0.25, 0.3) is 0 Å². The summed E-state index contributed by atoms with van der Waals surface area (Å²) in [7, 11) is 1.49. The average molecular weight is 352 g/mol. The minimum absolute atomic E-state index is 0.00526. The summed E-state index contributed by atoms with van der Waals surface area (Å²) in [5.41, 5.74) is 1.06. The van der Waals surface area contributed by atoms with Gasteiger partial charge >= 0.3 is 0 Å². The van der Waals surface area contributed by atoms with E-state index in [0.717, 1.165) is 18.4 Å². The minimum Gasteiger partial charge on any atom is -0.355 e. The minimum atomic E-state index is -0.465. The molecule has 1 aliphatic rings. The molecular weight excluding hydrogens is 328 g/mol. The first-order valence-electron chi connectivity index (χ1n) is 9.11. The van der Waals surface area contributed by atoms with Gasteiger partial charge in [0.05, 0.1) is 6.04 Å². The van der Waals surface area contributed by atoms with Crippen molar-refractivity contribution < 1.29 is 9.59 Å². The number of benzene rings is 1. The second kappa shape index (κ2) is 7.68. The van der Waals surface area contributed by atoms with Crippen LogP contribution in [-0.4, -0.2) is 23.3 Å². The van der Waals surface area contributed by atoms with Gasteiger partial charge in [-0.1, -0.05) is 37.3 Å². The topological polar surface area (TPSA) is 68.2 Å². The molecule has 3 rings (SSSR count). The molecule has 0 aliphatic heterocycles. The van der Waals surface area contributed by atoms with E-state index in [1.165, 1.54) is 13.1 Å². The van der Waals surface area contributed by atoms with Gasteiger partial charge in [-0.2, -0.15) is 0 Å². The highest BCUT2D eigenvalue weighted by Crippen LogP contribution is 2.33. The average Bonchev–Trinajstić information content (AvgIpc) is 3.47. The Bertz CT molecular complexity index is 867. The van der Waals surface area contributed by atoms with Crippen LogP contribution >= 0.6 is 0 Å². The maximum atomic E-state index is 12.9. The molecule has 1 amide bonds. The normalized spacial score (nSPS) is 14.7. The number of hydrogen-bond acceptors (Lipinski definition) is 3. The fourth-order valence-corrected chi connectivity index (χ4v) is 3.25. The van der Waals surface area contributed by atoms with Crippen molar-refractivity contribution in [2.24, 2.45) is 5.92 Å². The number of aromatic nitrogens is 1. The molecule has 2 aromatic rings. The maximum absolute atomic E-state index is 12.9. The number of nitrogens with zero attached hydrogens (tertiary/aromatic N) is 1. The molecule has 0 saturated heterocycles. The van der Waals surface area contributed by atoms with Crippen molar-refractivity contribution in [3.63, 3.8) is 0 Å². The summed E-state index contributed by atoms with van der Waals surface area (Å²) in [5.74, 6) is -0.0236. The first-order chi connectivity index (χ1) is 12.5. The summed E-state index contributed by atoms with van der Waals surface area (Å²) >= 11 is 0. The van der Waals surface area contributed by atoms with Gasteiger partial charge in [-0.3, -0.25) is 14.4 Å². The molecular formula is C21H24N2O3. The van der Waals surface area contributed by atoms with Crippen molar-refractivity contribution in [3.05, 3.63) is 69.6 Å². The van der Waals surface area contributed by atoms with Crippen LogP contribution in [0, 0.1) is 5.92 Å². The lowest BCUT2D eigenvalue weighted by Gasteiger charge is -2.20. The number of nitrogens with one attached hydrogen (secondary N) is 1. The summed E-state index contributed by atoms with van der Waals surface area (Å²) < 4.78 is 1.54. The number of hydrogen-bond donors (Lipinski definition) is 1. The van der Waals surface area contributed by atoms with Gasteiger partial charge in [0, 0.05) is 25.2 Å². The fourth-order valence-electron chi connectivity index (χ4n) is 3.25. The van der Waals surface area contributed by atoms with Crippen molar-refractivity contribution in [1.82, 2.24) is 9.88 Å². The molecule has 1 saturated carbocycles. The van der Waals surface area contributed by atoms with Gasteiger partial charge in [0.2, 0.25) is 0 Å². The zero-order valence-electron chi connectivity index (χ0n) is 15.2. The van der Waals surface area contributed by atoms with E-state index in [4.69, 9.17) is 0 Å². The van der Waals surface area contributed by atoms with Crippen LogP contribution < -0.4 is 10.9 Å². The molecule has 1 aliphatic carbocycles. The number of carbonyl (C=O) groups is 2. The molecule has 0 bridgehead atoms. The van der Waals surface area contributed by atoms with Crippen molar-refractivity contribution in [2.75, 3.05) is 7.05 Å². The number of Topliss-reactive ketones (excluding diaryl/α,β-unsaturated/α-hetero) is 1. The van der Waals surface area contributed by atoms with Crippen LogP contribution in [0.1, 0.15) is 64.9 Å². The molecule has 0 radical (unpaired) electrons. The quantitative estimate of drug-likeness (QED) is 0.778. The molecule has 1 aromatic heterocycles. The third-order valence-electron chi connectivity index (χ3n) is 4.91. The highest BCUT2D eigenvalue weighted by Gasteiger charge is 2.27. The van der Waals surface area contributed by atoms with Gasteiger partial charge in [-0.15, -0.1) is 0 Å². The van der Waals surface area contributed by atoms with E-state index in [1.807, 2.05) is 37.3 Å². The van der Waals surface area contributed by atoms with Gasteiger partial charge in [0.15, 0.2) is 5.78 Å². The van der Waals surface area contributed by atoms with E-state index in [2.05, 4.69) is 5.32 Å². The summed E-state index contributed by atoms with van der Waals surface area (Å²) in [5, 5.41) is 2.50. The van der Waals surface area contributed by atoms with Gasteiger partial charge in [-0.05, 0) is 36.8 Å². The molecule has 1 fully saturated rings. The zero-order chi connectivity index (χ0) is 18.7. The van der Waals surface area contributed by atoms with E-state index in [0.29, 0.717) is 24.3 Å². The summed E-state index contributed by atoms with van der Waals surface area (Å²) in [6.07, 6.45) is 4.94. The van der Waals surface area contributed by atoms with Crippen molar-refractivity contribution in [1.29, 1.82) is 0 Å². The fraction of sp³-hybridized carbons (Fsp3) is 0.381. The second-order valence-corrected chi connectivity index (χ2v) is 6.84. The molecule has 5 nitrogen and oxygen atoms in total. The van der Waals surface area contributed by atoms with Crippen LogP contribution in [0.3, 0.4) is 0 Å². The van der Waals surface area contributed by atoms with E-state index in [1.54, 1.807) is 10.8 Å². The Kier molecular flexibility index (Phi) is 5.35. The Labute approximate surface area is 153 Å². The molecule has 1 N–H and O–H groups in total. The SMILES string of the molecule is CCC(c1ccccc1)n1cc(C(=O)CC2CC2)cc(C(=O)NC)c1=O. The molecule has 1 heterocycles. The van der Waals surface area contributed by atoms with Crippen LogP contribution in [0.2, 0.25) is 0 Å². The lowest BCUT2D eigenvalue weighted by atomic mass is 10.0. The predicted octanol–water partition coefficient (Wildman–Crippen LogP) is 3.19. The number of rotatable bonds is 7. The third-order valence-corrected chi connectivity index (χ3v) is 4.91. The van der Waals surface area contributed by atoms with Crippen LogP contribution in [0.5, 0.6) is 0 Å². The first-order valence-corrected chi connectivity index (χ1v) is 9.11. The van der Waals surface area contributed by atoms with Crippen molar-refractivity contribution in [2.45, 2.75) is 38.6 Å². The Balaban J connectivity index is 2.11. The largest absolute Gasteiger partial charge is 0.355 e. The van der Waals surface area contributed by atoms with Crippen molar-refractivity contribution >= 4 is 11.7 Å². The molecule has 136 valence electrons. The highest BCUT2D eigenvalue weighted by atomic mass is 16.2. The summed E-state index contributed by atoms with van der Waals surface area (Å²) in [6.45, 7) is 1.99. The van der Waals surface area contributed by atoms with Crippen LogP contribution in [0.15, 0.2) is 47.4 Å². The zero-order valence-corrected chi connectivity index (χ0v) is 15.2. The number of carbonyl (C=O) groups excluding carboxylic acids is 2. The summed E-state index contributed by atoms with van der Waals surface area (Å²) in [6, 6.07) is 10.9. The van der Waals surface area contributed by atoms with Gasteiger partial charge in [0.1, 0.15) is 5.56 Å². The lowest BCUT2D eigenvalue weighted by molar-refractivity contribution is 0.0961.